The van der Waals surface area contributed by atoms with E-state index < -0.39 is 0 Å². The van der Waals surface area contributed by atoms with Crippen molar-refractivity contribution in [1.29, 1.82) is 0 Å². The van der Waals surface area contributed by atoms with Gasteiger partial charge < -0.3 is 9.97 Å². The first-order chi connectivity index (χ1) is 16.2. The van der Waals surface area contributed by atoms with Crippen molar-refractivity contribution in [2.45, 2.75) is 6.92 Å². The molecule has 33 heavy (non-hydrogen) atoms. The molecule has 0 amide bonds. The smallest absolute Gasteiger partial charge is 0.0545 e. The molecular formula is C31H20N2. The molecule has 2 heterocycles. The van der Waals surface area contributed by atoms with Gasteiger partial charge >= 0.3 is 0 Å². The first-order valence-corrected chi connectivity index (χ1v) is 11.4. The van der Waals surface area contributed by atoms with Crippen LogP contribution in [0.5, 0.6) is 0 Å². The van der Waals surface area contributed by atoms with Gasteiger partial charge in [0.25, 0.3) is 0 Å². The summed E-state index contributed by atoms with van der Waals surface area (Å²) in [6, 6.07) is 33.5. The van der Waals surface area contributed by atoms with Gasteiger partial charge in [-0.3, -0.25) is 0 Å². The third-order valence-corrected chi connectivity index (χ3v) is 7.32. The average Bonchev–Trinajstić information content (AvgIpc) is 3.38. The van der Waals surface area contributed by atoms with Gasteiger partial charge in [0.1, 0.15) is 0 Å². The van der Waals surface area contributed by atoms with Crippen LogP contribution in [0.2, 0.25) is 0 Å². The monoisotopic (exact) mass is 420 g/mol. The molecule has 0 aliphatic heterocycles. The SMILES string of the molecule is Cc1ccc2cc3[nH]c4c(ccc5c4ccc4c6cc7ccccc7cc6[nH]c45)c3cc2c1. The summed E-state index contributed by atoms with van der Waals surface area (Å²) in [6.45, 7) is 2.15. The minimum Gasteiger partial charge on any atom is -0.354 e. The van der Waals surface area contributed by atoms with E-state index in [1.165, 1.54) is 81.5 Å². The van der Waals surface area contributed by atoms with Crippen LogP contribution >= 0.6 is 0 Å². The summed E-state index contributed by atoms with van der Waals surface area (Å²) in [4.78, 5) is 7.47. The van der Waals surface area contributed by atoms with Gasteiger partial charge in [-0.25, -0.2) is 0 Å². The summed E-state index contributed by atoms with van der Waals surface area (Å²) < 4.78 is 0. The minimum absolute atomic E-state index is 1.19. The maximum Gasteiger partial charge on any atom is 0.0545 e. The Bertz CT molecular complexity index is 2090. The van der Waals surface area contributed by atoms with Crippen LogP contribution in [0.25, 0.3) is 75.9 Å². The quantitative estimate of drug-likeness (QED) is 0.246. The second kappa shape index (κ2) is 5.93. The largest absolute Gasteiger partial charge is 0.354 e. The highest BCUT2D eigenvalue weighted by Gasteiger charge is 2.13. The van der Waals surface area contributed by atoms with Crippen molar-refractivity contribution in [3.05, 3.63) is 96.6 Å². The molecule has 8 rings (SSSR count). The van der Waals surface area contributed by atoms with Crippen LogP contribution < -0.4 is 0 Å². The van der Waals surface area contributed by atoms with E-state index in [9.17, 15) is 0 Å². The fraction of sp³-hybridized carbons (Fsp3) is 0.0323. The van der Waals surface area contributed by atoms with Crippen molar-refractivity contribution in [2.75, 3.05) is 0 Å². The normalized spacial score (nSPS) is 12.4. The summed E-state index contributed by atoms with van der Waals surface area (Å²) >= 11 is 0. The highest BCUT2D eigenvalue weighted by Crippen LogP contribution is 2.38. The van der Waals surface area contributed by atoms with E-state index in [2.05, 4.69) is 108 Å². The second-order valence-electron chi connectivity index (χ2n) is 9.31. The van der Waals surface area contributed by atoms with Crippen molar-refractivity contribution in [3.8, 4) is 0 Å². The third-order valence-electron chi connectivity index (χ3n) is 7.32. The number of benzene rings is 6. The van der Waals surface area contributed by atoms with E-state index in [0.29, 0.717) is 0 Å². The molecule has 0 saturated carbocycles. The number of H-pyrrole nitrogens is 2. The van der Waals surface area contributed by atoms with Crippen LogP contribution in [-0.2, 0) is 0 Å². The minimum atomic E-state index is 1.19. The first-order valence-electron chi connectivity index (χ1n) is 11.4. The van der Waals surface area contributed by atoms with E-state index in [1.54, 1.807) is 0 Å². The lowest BCUT2D eigenvalue weighted by Gasteiger charge is -2.02. The molecule has 8 aromatic rings. The summed E-state index contributed by atoms with van der Waals surface area (Å²) in [6.07, 6.45) is 0. The molecule has 0 spiro atoms. The maximum atomic E-state index is 3.74. The molecule has 2 N–H and O–H groups in total. The number of hydrogen-bond donors (Lipinski definition) is 2. The molecule has 2 aromatic heterocycles. The Hall–Kier alpha value is -4.30. The van der Waals surface area contributed by atoms with Crippen LogP contribution in [0.4, 0.5) is 0 Å². The predicted molar refractivity (Wildman–Crippen MR) is 142 cm³/mol. The summed E-state index contributed by atoms with van der Waals surface area (Å²) in [5.41, 5.74) is 6.09. The van der Waals surface area contributed by atoms with Crippen LogP contribution in [0.1, 0.15) is 5.56 Å². The molecule has 0 saturated heterocycles. The van der Waals surface area contributed by atoms with Gasteiger partial charge in [-0.05, 0) is 52.7 Å². The topological polar surface area (TPSA) is 31.6 Å². The van der Waals surface area contributed by atoms with Crippen molar-refractivity contribution in [2.24, 2.45) is 0 Å². The lowest BCUT2D eigenvalue weighted by Crippen LogP contribution is -1.78. The number of fused-ring (bicyclic) bond motifs is 11. The van der Waals surface area contributed by atoms with Crippen LogP contribution in [0.3, 0.4) is 0 Å². The standard InChI is InChI=1S/C31H20N2/c1-17-6-7-20-16-29-27(14-21(20)12-17)25-11-9-22-23(31(25)33-29)8-10-24-26-13-18-4-2-3-5-19(18)15-28(26)32-30(22)24/h2-16,32-33H,1H3. The van der Waals surface area contributed by atoms with E-state index in [-0.39, 0.29) is 0 Å². The molecule has 0 radical (unpaired) electrons. The van der Waals surface area contributed by atoms with Crippen molar-refractivity contribution >= 4 is 75.9 Å². The highest BCUT2D eigenvalue weighted by molar-refractivity contribution is 6.26. The zero-order valence-electron chi connectivity index (χ0n) is 18.2. The highest BCUT2D eigenvalue weighted by atomic mass is 14.7. The van der Waals surface area contributed by atoms with E-state index in [0.717, 1.165) is 0 Å². The molecule has 0 unspecified atom stereocenters. The van der Waals surface area contributed by atoms with E-state index in [1.807, 2.05) is 0 Å². The van der Waals surface area contributed by atoms with E-state index >= 15 is 0 Å². The fourth-order valence-electron chi connectivity index (χ4n) is 5.70. The van der Waals surface area contributed by atoms with Gasteiger partial charge in [0.05, 0.1) is 11.0 Å². The molecule has 0 aliphatic rings. The van der Waals surface area contributed by atoms with Crippen molar-refractivity contribution < 1.29 is 0 Å². The zero-order valence-corrected chi connectivity index (χ0v) is 18.2. The number of rotatable bonds is 0. The number of aryl methyl sites for hydroxylation is 1. The van der Waals surface area contributed by atoms with Gasteiger partial charge in [-0.2, -0.15) is 0 Å². The molecule has 0 fully saturated rings. The Morgan fingerprint density at radius 2 is 0.909 bits per heavy atom. The van der Waals surface area contributed by atoms with Crippen LogP contribution in [0, 0.1) is 6.92 Å². The third kappa shape index (κ3) is 2.27. The van der Waals surface area contributed by atoms with Crippen LogP contribution in [-0.4, -0.2) is 9.97 Å². The Morgan fingerprint density at radius 1 is 0.424 bits per heavy atom. The van der Waals surface area contributed by atoms with Gasteiger partial charge in [0.15, 0.2) is 0 Å². The Morgan fingerprint density at radius 3 is 1.52 bits per heavy atom. The maximum absolute atomic E-state index is 3.74. The fourth-order valence-corrected chi connectivity index (χ4v) is 5.70. The van der Waals surface area contributed by atoms with Gasteiger partial charge in [0.2, 0.25) is 0 Å². The van der Waals surface area contributed by atoms with Gasteiger partial charge in [-0.15, -0.1) is 0 Å². The second-order valence-corrected chi connectivity index (χ2v) is 9.31. The number of aromatic amines is 2. The summed E-state index contributed by atoms with van der Waals surface area (Å²) in [5.74, 6) is 0. The molecule has 154 valence electrons. The first kappa shape index (κ1) is 17.3. The molecule has 2 nitrogen and oxygen atoms in total. The number of nitrogens with one attached hydrogen (secondary N) is 2. The van der Waals surface area contributed by atoms with E-state index in [4.69, 9.17) is 0 Å². The van der Waals surface area contributed by atoms with Gasteiger partial charge in [-0.1, -0.05) is 72.3 Å². The summed E-state index contributed by atoms with van der Waals surface area (Å²) in [7, 11) is 0. The van der Waals surface area contributed by atoms with Crippen molar-refractivity contribution in [3.63, 3.8) is 0 Å². The molecule has 0 atom stereocenters. The van der Waals surface area contributed by atoms with Crippen LogP contribution in [0.15, 0.2) is 91.0 Å². The zero-order chi connectivity index (χ0) is 21.7. The molecule has 0 bridgehead atoms. The van der Waals surface area contributed by atoms with Crippen molar-refractivity contribution in [1.82, 2.24) is 9.97 Å². The molecule has 0 aliphatic carbocycles. The average molecular weight is 421 g/mol. The number of aromatic nitrogens is 2. The number of hydrogen-bond acceptors (Lipinski definition) is 0. The Balaban J connectivity index is 1.49. The molecule has 2 heteroatoms. The Labute approximate surface area is 189 Å². The molecule has 6 aromatic carbocycles. The predicted octanol–water partition coefficient (Wildman–Crippen LogP) is 8.72. The molecular weight excluding hydrogens is 400 g/mol. The van der Waals surface area contributed by atoms with Gasteiger partial charge in [0, 0.05) is 43.4 Å². The lowest BCUT2D eigenvalue weighted by atomic mass is 10.0. The lowest BCUT2D eigenvalue weighted by molar-refractivity contribution is 1.51. The summed E-state index contributed by atoms with van der Waals surface area (Å²) in [5, 5.41) is 12.7. The Kier molecular flexibility index (Phi) is 3.11.